The maximum atomic E-state index is 12.2. The van der Waals surface area contributed by atoms with Gasteiger partial charge < -0.3 is 5.11 Å². The van der Waals surface area contributed by atoms with Crippen molar-refractivity contribution >= 4 is 59.0 Å². The molecule has 0 amide bonds. The average Bonchev–Trinajstić information content (AvgIpc) is 3.43. The number of aliphatic hydroxyl groups is 1. The van der Waals surface area contributed by atoms with Gasteiger partial charge >= 0.3 is 0 Å². The Morgan fingerprint density at radius 2 is 1.42 bits per heavy atom. The molecular weight excluding hydrogens is 753 g/mol. The van der Waals surface area contributed by atoms with Crippen LogP contribution in [0.4, 0.5) is 0 Å². The summed E-state index contributed by atoms with van der Waals surface area (Å²) in [4.78, 5) is 21.5. The van der Waals surface area contributed by atoms with E-state index in [-0.39, 0.29) is 42.5 Å². The number of hydrogen-bond donors (Lipinski definition) is 1. The van der Waals surface area contributed by atoms with Gasteiger partial charge in [0.05, 0.1) is 5.52 Å². The smallest absolute Gasteiger partial charge is 0.164 e. The SMILES string of the molecule is CCC(C)(CC)C(=O)/C=C(\O)C(C)(CC)CC.[Ir].[c-]1ccc2ccccc2c1-c1ncnc2c1sc1cc3ccccc3cc12. The third kappa shape index (κ3) is 6.74. The summed E-state index contributed by atoms with van der Waals surface area (Å²) in [5.74, 6) is 0.286. The largest absolute Gasteiger partial charge is 0.512 e. The predicted octanol–water partition coefficient (Wildman–Crippen LogP) is 11.3. The van der Waals surface area contributed by atoms with Gasteiger partial charge in [0, 0.05) is 57.5 Å². The Bertz CT molecular complexity index is 1980. The molecule has 6 rings (SSSR count). The first-order chi connectivity index (χ1) is 21.2. The van der Waals surface area contributed by atoms with E-state index in [4.69, 9.17) is 0 Å². The summed E-state index contributed by atoms with van der Waals surface area (Å²) in [5.41, 5.74) is 2.42. The van der Waals surface area contributed by atoms with Crippen LogP contribution in [0.1, 0.15) is 67.2 Å². The molecular formula is C39H41IrN2O2S-. The van der Waals surface area contributed by atoms with E-state index in [1.807, 2.05) is 47.6 Å². The van der Waals surface area contributed by atoms with Crippen molar-refractivity contribution in [3.8, 4) is 11.3 Å². The second kappa shape index (κ2) is 14.3. The number of rotatable bonds is 8. The number of allylic oxidation sites excluding steroid dienone is 2. The molecule has 6 aromatic rings. The van der Waals surface area contributed by atoms with Crippen molar-refractivity contribution in [3.05, 3.63) is 97.0 Å². The second-order valence-electron chi connectivity index (χ2n) is 12.1. The standard InChI is InChI=1S/C24H13N2S.C15H28O2.Ir/c1-2-8-17-13-21-20(12-16(17)7-1)23-24(27-21)22(25-14-26-23)19-11-5-9-15-6-3-4-10-18(15)19;1-7-14(5,8-2)12(16)11-13(17)15(6,9-3)10-4;/h1-10,12-14H;11,16H,7-10H2,1-6H3;/q-1;;/b;12-11-;. The van der Waals surface area contributed by atoms with E-state index < -0.39 is 0 Å². The Balaban J connectivity index is 0.000000226. The fraction of sp³-hybridized carbons (Fsp3) is 0.308. The van der Waals surface area contributed by atoms with Crippen molar-refractivity contribution in [3.63, 3.8) is 0 Å². The van der Waals surface area contributed by atoms with Gasteiger partial charge in [0.2, 0.25) is 0 Å². The molecule has 2 heterocycles. The first-order valence-electron chi connectivity index (χ1n) is 15.6. The number of carbonyl (C=O) groups excluding carboxylic acids is 1. The van der Waals surface area contributed by atoms with Crippen LogP contribution in [-0.2, 0) is 24.9 Å². The molecule has 0 aliphatic rings. The van der Waals surface area contributed by atoms with E-state index >= 15 is 0 Å². The fourth-order valence-electron chi connectivity index (χ4n) is 5.48. The zero-order valence-corrected chi connectivity index (χ0v) is 30.1. The molecule has 0 saturated carbocycles. The van der Waals surface area contributed by atoms with E-state index in [0.717, 1.165) is 47.2 Å². The van der Waals surface area contributed by atoms with Gasteiger partial charge in [-0.15, -0.1) is 40.5 Å². The van der Waals surface area contributed by atoms with Gasteiger partial charge in [-0.3, -0.25) is 9.78 Å². The molecule has 6 heteroatoms. The number of benzene rings is 4. The number of carbonyl (C=O) groups is 1. The Labute approximate surface area is 284 Å². The van der Waals surface area contributed by atoms with Crippen LogP contribution in [-0.4, -0.2) is 20.9 Å². The molecule has 4 nitrogen and oxygen atoms in total. The Morgan fingerprint density at radius 3 is 2.07 bits per heavy atom. The van der Waals surface area contributed by atoms with Crippen molar-refractivity contribution in [2.45, 2.75) is 67.2 Å². The van der Waals surface area contributed by atoms with Crippen molar-refractivity contribution in [1.82, 2.24) is 9.97 Å². The maximum Gasteiger partial charge on any atom is 0.164 e. The minimum Gasteiger partial charge on any atom is -0.512 e. The molecule has 0 aliphatic carbocycles. The van der Waals surface area contributed by atoms with Crippen molar-refractivity contribution in [2.24, 2.45) is 10.8 Å². The number of ketones is 1. The molecule has 0 aliphatic heterocycles. The molecule has 0 fully saturated rings. The fourth-order valence-corrected chi connectivity index (χ4v) is 6.66. The zero-order valence-electron chi connectivity index (χ0n) is 26.9. The number of aromatic nitrogens is 2. The van der Waals surface area contributed by atoms with Crippen LogP contribution in [0.25, 0.3) is 53.1 Å². The first kappa shape index (κ1) is 34.4. The van der Waals surface area contributed by atoms with Gasteiger partial charge in [0.1, 0.15) is 12.1 Å². The minimum absolute atomic E-state index is 0. The van der Waals surface area contributed by atoms with Crippen LogP contribution in [0.15, 0.2) is 91.0 Å². The number of fused-ring (bicyclic) bond motifs is 5. The maximum absolute atomic E-state index is 12.2. The Kier molecular flexibility index (Phi) is 11.0. The summed E-state index contributed by atoms with van der Waals surface area (Å²) < 4.78 is 2.36. The number of thiophene rings is 1. The van der Waals surface area contributed by atoms with Crippen molar-refractivity contribution < 1.29 is 30.0 Å². The van der Waals surface area contributed by atoms with E-state index in [0.29, 0.717) is 0 Å². The monoisotopic (exact) mass is 794 g/mol. The van der Waals surface area contributed by atoms with Gasteiger partial charge in [-0.25, -0.2) is 4.98 Å². The topological polar surface area (TPSA) is 63.1 Å². The average molecular weight is 794 g/mol. The van der Waals surface area contributed by atoms with E-state index in [2.05, 4.69) is 82.8 Å². The van der Waals surface area contributed by atoms with E-state index in [1.165, 1.54) is 37.7 Å². The number of aliphatic hydroxyl groups excluding tert-OH is 1. The van der Waals surface area contributed by atoms with Crippen LogP contribution in [0.2, 0.25) is 0 Å². The van der Waals surface area contributed by atoms with E-state index in [1.54, 1.807) is 17.7 Å². The molecule has 0 atom stereocenters. The van der Waals surface area contributed by atoms with E-state index in [9.17, 15) is 9.90 Å². The third-order valence-electron chi connectivity index (χ3n) is 9.68. The first-order valence-corrected chi connectivity index (χ1v) is 16.4. The summed E-state index contributed by atoms with van der Waals surface area (Å²) in [6, 6.07) is 28.8. The molecule has 45 heavy (non-hydrogen) atoms. The van der Waals surface area contributed by atoms with Gasteiger partial charge in [-0.1, -0.05) is 95.5 Å². The van der Waals surface area contributed by atoms with Gasteiger partial charge in [-0.05, 0) is 48.6 Å². The van der Waals surface area contributed by atoms with Crippen molar-refractivity contribution in [2.75, 3.05) is 0 Å². The molecule has 1 N–H and O–H groups in total. The molecule has 0 saturated heterocycles. The number of hydrogen-bond acceptors (Lipinski definition) is 5. The predicted molar refractivity (Wildman–Crippen MR) is 187 cm³/mol. The quantitative estimate of drug-likeness (QED) is 0.0947. The summed E-state index contributed by atoms with van der Waals surface area (Å²) in [7, 11) is 0. The third-order valence-corrected chi connectivity index (χ3v) is 10.8. The van der Waals surface area contributed by atoms with Gasteiger partial charge in [0.25, 0.3) is 0 Å². The number of nitrogens with zero attached hydrogens (tertiary/aromatic N) is 2. The molecule has 0 bridgehead atoms. The molecule has 0 spiro atoms. The zero-order chi connectivity index (χ0) is 31.5. The van der Waals surface area contributed by atoms with Gasteiger partial charge in [0.15, 0.2) is 5.78 Å². The van der Waals surface area contributed by atoms with Crippen LogP contribution in [0.3, 0.4) is 0 Å². The summed E-state index contributed by atoms with van der Waals surface area (Å²) in [6.07, 6.45) is 6.43. The molecule has 1 radical (unpaired) electrons. The summed E-state index contributed by atoms with van der Waals surface area (Å²) in [6.45, 7) is 12.1. The van der Waals surface area contributed by atoms with Crippen LogP contribution >= 0.6 is 11.3 Å². The van der Waals surface area contributed by atoms with Gasteiger partial charge in [-0.2, -0.15) is 0 Å². The normalized spacial score (nSPS) is 12.3. The van der Waals surface area contributed by atoms with Crippen molar-refractivity contribution in [1.29, 1.82) is 0 Å². The molecule has 235 valence electrons. The van der Waals surface area contributed by atoms with Crippen LogP contribution in [0.5, 0.6) is 0 Å². The van der Waals surface area contributed by atoms with Crippen LogP contribution in [0, 0.1) is 16.9 Å². The second-order valence-corrected chi connectivity index (χ2v) is 13.1. The van der Waals surface area contributed by atoms with Crippen LogP contribution < -0.4 is 0 Å². The molecule has 2 aromatic heterocycles. The molecule has 4 aromatic carbocycles. The molecule has 0 unspecified atom stereocenters. The summed E-state index contributed by atoms with van der Waals surface area (Å²) >= 11 is 1.76. The minimum atomic E-state index is -0.337. The summed E-state index contributed by atoms with van der Waals surface area (Å²) in [5, 5.41) is 16.2. The Hall–Kier alpha value is -3.44. The Morgan fingerprint density at radius 1 is 0.822 bits per heavy atom.